The molecule has 1 heterocycles. The Labute approximate surface area is 191 Å². The van der Waals surface area contributed by atoms with Crippen molar-refractivity contribution in [3.8, 4) is 17.1 Å². The van der Waals surface area contributed by atoms with E-state index in [1.54, 1.807) is 31.2 Å². The van der Waals surface area contributed by atoms with Crippen molar-refractivity contribution >= 4 is 17.5 Å². The van der Waals surface area contributed by atoms with E-state index in [0.717, 1.165) is 12.0 Å². The summed E-state index contributed by atoms with van der Waals surface area (Å²) in [6.07, 6.45) is 2.14. The molecule has 1 aromatic heterocycles. The van der Waals surface area contributed by atoms with Crippen LogP contribution in [0.5, 0.6) is 5.75 Å². The number of furan rings is 1. The Hall–Kier alpha value is -3.67. The molecule has 2 aliphatic rings. The Morgan fingerprint density at radius 2 is 1.85 bits per heavy atom. The molecule has 0 fully saturated rings. The van der Waals surface area contributed by atoms with Crippen molar-refractivity contribution in [1.29, 1.82) is 0 Å². The summed E-state index contributed by atoms with van der Waals surface area (Å²) in [5.74, 6) is -0.728. The van der Waals surface area contributed by atoms with Crippen molar-refractivity contribution in [1.82, 2.24) is 0 Å². The molecule has 168 valence electrons. The third-order valence-electron chi connectivity index (χ3n) is 6.76. The number of benzene rings is 2. The standard InChI is InChI=1S/C27H24O6/c1-14-13-32-25-17-8-9-18-22(21(17)24(29)23(28)20(14)25)19(10-11-27(18,2)3)33-26(30)15-6-5-7-16(12-15)31-4/h5-9,12-13,19H,10-11H2,1-4H3. The number of esters is 1. The lowest BCUT2D eigenvalue weighted by atomic mass is 9.68. The van der Waals surface area contributed by atoms with Gasteiger partial charge in [-0.15, -0.1) is 0 Å². The van der Waals surface area contributed by atoms with Gasteiger partial charge in [0.05, 0.1) is 24.5 Å². The molecule has 1 atom stereocenters. The molecular weight excluding hydrogens is 420 g/mol. The van der Waals surface area contributed by atoms with Gasteiger partial charge >= 0.3 is 5.97 Å². The summed E-state index contributed by atoms with van der Waals surface area (Å²) >= 11 is 0. The van der Waals surface area contributed by atoms with Crippen molar-refractivity contribution in [3.63, 3.8) is 0 Å². The number of hydrogen-bond donors (Lipinski definition) is 0. The van der Waals surface area contributed by atoms with Crippen molar-refractivity contribution in [2.24, 2.45) is 0 Å². The van der Waals surface area contributed by atoms with Crippen LogP contribution in [0.4, 0.5) is 0 Å². The van der Waals surface area contributed by atoms with Gasteiger partial charge in [0.25, 0.3) is 0 Å². The summed E-state index contributed by atoms with van der Waals surface area (Å²) in [4.78, 5) is 39.4. The molecule has 6 nitrogen and oxygen atoms in total. The smallest absolute Gasteiger partial charge is 0.338 e. The van der Waals surface area contributed by atoms with Crippen molar-refractivity contribution in [3.05, 3.63) is 76.0 Å². The third kappa shape index (κ3) is 3.20. The second kappa shape index (κ2) is 7.44. The zero-order valence-corrected chi connectivity index (χ0v) is 19.0. The van der Waals surface area contributed by atoms with Crippen LogP contribution >= 0.6 is 0 Å². The van der Waals surface area contributed by atoms with E-state index in [9.17, 15) is 14.4 Å². The molecule has 0 radical (unpaired) electrons. The van der Waals surface area contributed by atoms with Crippen LogP contribution in [0.15, 0.2) is 47.1 Å². The number of aryl methyl sites for hydroxylation is 1. The van der Waals surface area contributed by atoms with Gasteiger partial charge in [0.1, 0.15) is 17.6 Å². The summed E-state index contributed by atoms with van der Waals surface area (Å²) in [5, 5.41) is 0. The Morgan fingerprint density at radius 1 is 1.09 bits per heavy atom. The Kier molecular flexibility index (Phi) is 4.78. The first-order chi connectivity index (χ1) is 15.7. The van der Waals surface area contributed by atoms with Crippen LogP contribution in [0.1, 0.15) is 80.6 Å². The topological polar surface area (TPSA) is 82.8 Å². The van der Waals surface area contributed by atoms with Crippen molar-refractivity contribution < 1.29 is 28.3 Å². The minimum absolute atomic E-state index is 0.244. The van der Waals surface area contributed by atoms with Crippen LogP contribution in [-0.4, -0.2) is 24.6 Å². The Balaban J connectivity index is 1.65. The first-order valence-electron chi connectivity index (χ1n) is 10.9. The molecule has 1 unspecified atom stereocenters. The highest BCUT2D eigenvalue weighted by Crippen LogP contribution is 2.49. The van der Waals surface area contributed by atoms with Crippen LogP contribution in [0.25, 0.3) is 11.3 Å². The van der Waals surface area contributed by atoms with Crippen molar-refractivity contribution in [2.75, 3.05) is 7.11 Å². The van der Waals surface area contributed by atoms with Gasteiger partial charge in [-0.2, -0.15) is 0 Å². The van der Waals surface area contributed by atoms with E-state index in [4.69, 9.17) is 13.9 Å². The lowest BCUT2D eigenvalue weighted by Crippen LogP contribution is -2.33. The van der Waals surface area contributed by atoms with Crippen LogP contribution in [-0.2, 0) is 10.2 Å². The molecule has 0 aliphatic heterocycles. The van der Waals surface area contributed by atoms with Crippen LogP contribution in [0.2, 0.25) is 0 Å². The number of carbonyl (C=O) groups is 3. The molecule has 0 bridgehead atoms. The first-order valence-corrected chi connectivity index (χ1v) is 10.9. The number of methoxy groups -OCH3 is 1. The number of Topliss-reactive ketones (excluding diaryl/α,β-unsaturated/α-hetero) is 2. The summed E-state index contributed by atoms with van der Waals surface area (Å²) < 4.78 is 16.9. The Bertz CT molecular complexity index is 1330. The van der Waals surface area contributed by atoms with Gasteiger partial charge in [0.15, 0.2) is 0 Å². The third-order valence-corrected chi connectivity index (χ3v) is 6.76. The quantitative estimate of drug-likeness (QED) is 0.386. The van der Waals surface area contributed by atoms with Crippen LogP contribution < -0.4 is 4.74 Å². The Morgan fingerprint density at radius 3 is 2.61 bits per heavy atom. The highest BCUT2D eigenvalue weighted by Gasteiger charge is 2.43. The van der Waals surface area contributed by atoms with Crippen LogP contribution in [0, 0.1) is 6.92 Å². The average Bonchev–Trinajstić information content (AvgIpc) is 3.20. The number of fused-ring (bicyclic) bond motifs is 5. The average molecular weight is 444 g/mol. The lowest BCUT2D eigenvalue weighted by Gasteiger charge is -2.38. The van der Waals surface area contributed by atoms with Gasteiger partial charge in [-0.1, -0.05) is 32.0 Å². The summed E-state index contributed by atoms with van der Waals surface area (Å²) in [6, 6.07) is 10.5. The first kappa shape index (κ1) is 21.2. The normalized spacial score (nSPS) is 18.2. The maximum atomic E-state index is 13.3. The zero-order chi connectivity index (χ0) is 23.5. The van der Waals surface area contributed by atoms with E-state index in [1.807, 2.05) is 12.1 Å². The van der Waals surface area contributed by atoms with Gasteiger partial charge in [-0.05, 0) is 54.5 Å². The summed E-state index contributed by atoms with van der Waals surface area (Å²) in [5.41, 5.74) is 3.43. The van der Waals surface area contributed by atoms with Gasteiger partial charge in [0, 0.05) is 16.7 Å². The highest BCUT2D eigenvalue weighted by atomic mass is 16.5. The molecular formula is C27H24O6. The zero-order valence-electron chi connectivity index (χ0n) is 19.0. The second-order valence-corrected chi connectivity index (χ2v) is 9.28. The molecule has 0 N–H and O–H groups in total. The van der Waals surface area contributed by atoms with E-state index in [1.165, 1.54) is 13.4 Å². The minimum Gasteiger partial charge on any atom is -0.497 e. The number of rotatable bonds is 3. The predicted octanol–water partition coefficient (Wildman–Crippen LogP) is 5.61. The van der Waals surface area contributed by atoms with E-state index >= 15 is 0 Å². The van der Waals surface area contributed by atoms with E-state index in [0.29, 0.717) is 45.7 Å². The molecule has 0 saturated carbocycles. The molecule has 6 heteroatoms. The molecule has 0 saturated heterocycles. The molecule has 3 aromatic rings. The van der Waals surface area contributed by atoms with Gasteiger partial charge in [0.2, 0.25) is 11.6 Å². The van der Waals surface area contributed by atoms with E-state index in [-0.39, 0.29) is 11.0 Å². The lowest BCUT2D eigenvalue weighted by molar-refractivity contribution is 0.0225. The van der Waals surface area contributed by atoms with Crippen molar-refractivity contribution in [2.45, 2.75) is 45.1 Å². The van der Waals surface area contributed by atoms with Gasteiger partial charge < -0.3 is 13.9 Å². The fourth-order valence-electron chi connectivity index (χ4n) is 4.97. The van der Waals surface area contributed by atoms with Crippen LogP contribution in [0.3, 0.4) is 0 Å². The maximum Gasteiger partial charge on any atom is 0.338 e. The van der Waals surface area contributed by atoms with E-state index < -0.39 is 23.6 Å². The molecule has 5 rings (SSSR count). The number of ether oxygens (including phenoxy) is 2. The molecule has 0 spiro atoms. The number of ketones is 2. The van der Waals surface area contributed by atoms with Gasteiger partial charge in [-0.3, -0.25) is 9.59 Å². The molecule has 0 amide bonds. The largest absolute Gasteiger partial charge is 0.497 e. The molecule has 2 aliphatic carbocycles. The molecule has 2 aromatic carbocycles. The monoisotopic (exact) mass is 444 g/mol. The fraction of sp³-hybridized carbons (Fsp3) is 0.296. The summed E-state index contributed by atoms with van der Waals surface area (Å²) in [7, 11) is 1.53. The van der Waals surface area contributed by atoms with Gasteiger partial charge in [-0.25, -0.2) is 4.79 Å². The predicted molar refractivity (Wildman–Crippen MR) is 121 cm³/mol. The fourth-order valence-corrected chi connectivity index (χ4v) is 4.97. The van der Waals surface area contributed by atoms with E-state index in [2.05, 4.69) is 13.8 Å². The molecule has 33 heavy (non-hydrogen) atoms. The maximum absolute atomic E-state index is 13.3. The highest BCUT2D eigenvalue weighted by molar-refractivity contribution is 6.53. The number of carbonyl (C=O) groups excluding carboxylic acids is 3. The second-order valence-electron chi connectivity index (χ2n) is 9.28. The SMILES string of the molecule is COc1cccc(C(=O)OC2CCC(C)(C)c3ccc4c(c32)C(=O)C(=O)c2c(C)coc2-4)c1. The number of hydrogen-bond acceptors (Lipinski definition) is 6. The minimum atomic E-state index is -0.656. The summed E-state index contributed by atoms with van der Waals surface area (Å²) in [6.45, 7) is 5.94.